The van der Waals surface area contributed by atoms with Crippen molar-refractivity contribution in [2.75, 3.05) is 7.11 Å². The smallest absolute Gasteiger partial charge is 0.416 e. The van der Waals surface area contributed by atoms with Crippen LogP contribution >= 0.6 is 0 Å². The number of methoxy groups -OCH3 is 1. The number of hydrogen-bond acceptors (Lipinski definition) is 4. The van der Waals surface area contributed by atoms with Crippen molar-refractivity contribution in [1.29, 1.82) is 0 Å². The molecule has 2 N–H and O–H groups in total. The van der Waals surface area contributed by atoms with Crippen molar-refractivity contribution in [3.05, 3.63) is 71.7 Å². The van der Waals surface area contributed by atoms with Gasteiger partial charge in [-0.25, -0.2) is 16.8 Å². The molecule has 0 unspecified atom stereocenters. The Morgan fingerprint density at radius 1 is 1.10 bits per heavy atom. The summed E-state index contributed by atoms with van der Waals surface area (Å²) in [5.74, 6) is -0.707. The van der Waals surface area contributed by atoms with Crippen LogP contribution in [-0.2, 0) is 22.7 Å². The molecular weight excluding hydrogens is 412 g/mol. The maximum absolute atomic E-state index is 14.5. The Balaban J connectivity index is 2.31. The fourth-order valence-electron chi connectivity index (χ4n) is 2.92. The number of halogens is 4. The molecule has 2 aromatic carbocycles. The minimum absolute atomic E-state index is 0.0214. The lowest BCUT2D eigenvalue weighted by Gasteiger charge is -2.14. The molecule has 5 nitrogen and oxygen atoms in total. The number of nitrogens with two attached hydrogens (primary N) is 1. The van der Waals surface area contributed by atoms with Crippen LogP contribution in [0, 0.1) is 5.82 Å². The number of ether oxygens (including phenoxy) is 1. The van der Waals surface area contributed by atoms with Crippen molar-refractivity contribution < 1.29 is 30.7 Å². The first-order valence-electron chi connectivity index (χ1n) is 8.27. The Hall–Kier alpha value is -2.85. The van der Waals surface area contributed by atoms with Gasteiger partial charge in [0.2, 0.25) is 0 Å². The van der Waals surface area contributed by atoms with Crippen molar-refractivity contribution >= 4 is 10.0 Å². The van der Waals surface area contributed by atoms with Crippen LogP contribution in [0.4, 0.5) is 17.6 Å². The predicted molar refractivity (Wildman–Crippen MR) is 98.3 cm³/mol. The highest BCUT2D eigenvalue weighted by Crippen LogP contribution is 2.39. The summed E-state index contributed by atoms with van der Waals surface area (Å²) >= 11 is 0. The molecule has 0 bridgehead atoms. The number of benzene rings is 2. The molecule has 1 heterocycles. The second-order valence-electron chi connectivity index (χ2n) is 6.05. The number of alkyl halides is 3. The normalized spacial score (nSPS) is 12.2. The van der Waals surface area contributed by atoms with Crippen LogP contribution < -0.4 is 10.5 Å². The molecule has 0 aliphatic rings. The van der Waals surface area contributed by atoms with E-state index in [0.717, 1.165) is 30.5 Å². The zero-order chi connectivity index (χ0) is 21.4. The van der Waals surface area contributed by atoms with Gasteiger partial charge in [0.1, 0.15) is 17.3 Å². The number of hydrogen-bond donors (Lipinski definition) is 1. The van der Waals surface area contributed by atoms with E-state index in [2.05, 4.69) is 0 Å². The lowest BCUT2D eigenvalue weighted by atomic mass is 10.1. The van der Waals surface area contributed by atoms with Gasteiger partial charge in [-0.2, -0.15) is 13.2 Å². The number of aromatic nitrogens is 1. The van der Waals surface area contributed by atoms with Crippen LogP contribution in [0.5, 0.6) is 5.75 Å². The molecule has 0 aliphatic carbocycles. The third-order valence-corrected chi connectivity index (χ3v) is 5.93. The third-order valence-electron chi connectivity index (χ3n) is 4.27. The Kier molecular flexibility index (Phi) is 5.42. The average Bonchev–Trinajstić information content (AvgIpc) is 3.07. The molecule has 154 valence electrons. The summed E-state index contributed by atoms with van der Waals surface area (Å²) in [6, 6.07) is 8.69. The summed E-state index contributed by atoms with van der Waals surface area (Å²) in [4.78, 5) is -0.605. The summed E-state index contributed by atoms with van der Waals surface area (Å²) in [5.41, 5.74) is 4.53. The van der Waals surface area contributed by atoms with Crippen molar-refractivity contribution in [3.63, 3.8) is 0 Å². The maximum Gasteiger partial charge on any atom is 0.416 e. The van der Waals surface area contributed by atoms with E-state index in [1.807, 2.05) is 0 Å². The van der Waals surface area contributed by atoms with Gasteiger partial charge in [0, 0.05) is 23.9 Å². The maximum atomic E-state index is 14.5. The van der Waals surface area contributed by atoms with Crippen LogP contribution in [0.1, 0.15) is 11.1 Å². The summed E-state index contributed by atoms with van der Waals surface area (Å²) in [6.07, 6.45) is -3.60. The molecule has 0 fully saturated rings. The zero-order valence-electron chi connectivity index (χ0n) is 15.1. The Bertz CT molecular complexity index is 1150. The number of rotatable bonds is 5. The van der Waals surface area contributed by atoms with Crippen LogP contribution in [0.25, 0.3) is 11.3 Å². The molecule has 0 saturated heterocycles. The van der Waals surface area contributed by atoms with Crippen LogP contribution in [0.2, 0.25) is 0 Å². The first kappa shape index (κ1) is 20.9. The highest BCUT2D eigenvalue weighted by atomic mass is 32.2. The topological polar surface area (TPSA) is 74.3 Å². The minimum atomic E-state index is -4.73. The van der Waals surface area contributed by atoms with Gasteiger partial charge in [-0.05, 0) is 30.3 Å². The molecule has 0 atom stereocenters. The van der Waals surface area contributed by atoms with Gasteiger partial charge >= 0.3 is 6.18 Å². The molecule has 0 aliphatic heterocycles. The van der Waals surface area contributed by atoms with E-state index in [1.165, 1.54) is 25.3 Å². The minimum Gasteiger partial charge on any atom is -0.494 e. The van der Waals surface area contributed by atoms with Crippen molar-refractivity contribution in [1.82, 2.24) is 3.97 Å². The first-order chi connectivity index (χ1) is 13.6. The molecule has 1 aromatic heterocycles. The SMILES string of the molecule is COc1c(CN)cn(S(=O)(=O)c2cccc(C(F)(F)F)c2)c1-c1ccccc1F. The zero-order valence-corrected chi connectivity index (χ0v) is 15.9. The van der Waals surface area contributed by atoms with Gasteiger partial charge in [-0.15, -0.1) is 0 Å². The van der Waals surface area contributed by atoms with Crippen LogP contribution in [0.15, 0.2) is 59.6 Å². The average molecular weight is 428 g/mol. The van der Waals surface area contributed by atoms with E-state index in [4.69, 9.17) is 10.5 Å². The largest absolute Gasteiger partial charge is 0.494 e. The predicted octanol–water partition coefficient (Wildman–Crippen LogP) is 4.02. The molecule has 0 spiro atoms. The van der Waals surface area contributed by atoms with E-state index in [1.54, 1.807) is 0 Å². The van der Waals surface area contributed by atoms with E-state index in [0.29, 0.717) is 10.0 Å². The first-order valence-corrected chi connectivity index (χ1v) is 9.71. The van der Waals surface area contributed by atoms with Crippen LogP contribution in [0.3, 0.4) is 0 Å². The van der Waals surface area contributed by atoms with E-state index < -0.39 is 32.5 Å². The van der Waals surface area contributed by atoms with Crippen molar-refractivity contribution in [2.45, 2.75) is 17.6 Å². The third kappa shape index (κ3) is 3.73. The van der Waals surface area contributed by atoms with Crippen molar-refractivity contribution in [2.24, 2.45) is 5.73 Å². The highest BCUT2D eigenvalue weighted by Gasteiger charge is 2.33. The monoisotopic (exact) mass is 428 g/mol. The standard InChI is InChI=1S/C19H16F4N2O3S/c1-28-18-12(10-24)11-25(17(18)15-7-2-3-8-16(15)20)29(26,27)14-6-4-5-13(9-14)19(21,22)23/h2-9,11H,10,24H2,1H3. The Morgan fingerprint density at radius 2 is 1.79 bits per heavy atom. The summed E-state index contributed by atoms with van der Waals surface area (Å²) < 4.78 is 85.9. The van der Waals surface area contributed by atoms with Crippen LogP contribution in [-0.4, -0.2) is 19.5 Å². The lowest BCUT2D eigenvalue weighted by Crippen LogP contribution is -2.15. The summed E-state index contributed by atoms with van der Waals surface area (Å²) in [7, 11) is -3.26. The molecule has 0 radical (unpaired) electrons. The van der Waals surface area contributed by atoms with Crippen molar-refractivity contribution in [3.8, 4) is 17.0 Å². The quantitative estimate of drug-likeness (QED) is 0.623. The summed E-state index contributed by atoms with van der Waals surface area (Å²) in [6.45, 7) is -0.129. The van der Waals surface area contributed by atoms with Gasteiger partial charge in [0.25, 0.3) is 10.0 Å². The molecule has 10 heteroatoms. The van der Waals surface area contributed by atoms with Gasteiger partial charge in [0.15, 0.2) is 0 Å². The van der Waals surface area contributed by atoms with Gasteiger partial charge in [0.05, 0.1) is 17.6 Å². The molecule has 0 saturated carbocycles. The number of nitrogens with zero attached hydrogens (tertiary/aromatic N) is 1. The molecule has 3 rings (SSSR count). The Morgan fingerprint density at radius 3 is 2.38 bits per heavy atom. The second kappa shape index (κ2) is 7.53. The van der Waals surface area contributed by atoms with Gasteiger partial charge in [-0.1, -0.05) is 18.2 Å². The fraction of sp³-hybridized carbons (Fsp3) is 0.158. The second-order valence-corrected chi connectivity index (χ2v) is 7.86. The van der Waals surface area contributed by atoms with E-state index in [-0.39, 0.29) is 29.1 Å². The molecular formula is C19H16F4N2O3S. The fourth-order valence-corrected chi connectivity index (χ4v) is 4.36. The molecule has 29 heavy (non-hydrogen) atoms. The van der Waals surface area contributed by atoms with Gasteiger partial charge < -0.3 is 10.5 Å². The van der Waals surface area contributed by atoms with Gasteiger partial charge in [-0.3, -0.25) is 0 Å². The molecule has 3 aromatic rings. The highest BCUT2D eigenvalue weighted by molar-refractivity contribution is 7.90. The summed E-state index contributed by atoms with van der Waals surface area (Å²) in [5, 5.41) is 0. The van der Waals surface area contributed by atoms with E-state index in [9.17, 15) is 26.0 Å². The molecule has 0 amide bonds. The Labute approximate surface area is 164 Å². The van der Waals surface area contributed by atoms with E-state index >= 15 is 0 Å². The lowest BCUT2D eigenvalue weighted by molar-refractivity contribution is -0.137.